The van der Waals surface area contributed by atoms with E-state index < -0.39 is 23.2 Å². The summed E-state index contributed by atoms with van der Waals surface area (Å²) in [7, 11) is 0. The first-order valence-corrected chi connectivity index (χ1v) is 4.46. The normalized spacial score (nSPS) is 14.9. The summed E-state index contributed by atoms with van der Waals surface area (Å²) in [4.78, 5) is 21.3. The van der Waals surface area contributed by atoms with Crippen LogP contribution in [0.25, 0.3) is 0 Å². The lowest BCUT2D eigenvalue weighted by Crippen LogP contribution is -2.44. The van der Waals surface area contributed by atoms with Crippen molar-refractivity contribution in [3.05, 3.63) is 0 Å². The minimum absolute atomic E-state index is 0.0710. The van der Waals surface area contributed by atoms with Gasteiger partial charge in [0.25, 0.3) is 0 Å². The van der Waals surface area contributed by atoms with Crippen LogP contribution in [0.15, 0.2) is 0 Å². The molecule has 12 heavy (non-hydrogen) atoms. The molecule has 0 unspecified atom stereocenters. The van der Waals surface area contributed by atoms with Gasteiger partial charge in [-0.2, -0.15) is 25.3 Å². The van der Waals surface area contributed by atoms with Crippen LogP contribution in [0.5, 0.6) is 0 Å². The molecule has 0 aliphatic rings. The largest absolute Gasteiger partial charge is 0.480 e. The van der Waals surface area contributed by atoms with Gasteiger partial charge in [0.15, 0.2) is 0 Å². The molecule has 6 heteroatoms. The third kappa shape index (κ3) is 3.87. The van der Waals surface area contributed by atoms with E-state index in [0.717, 1.165) is 0 Å². The molecule has 0 aromatic heterocycles. The van der Waals surface area contributed by atoms with E-state index in [2.05, 4.69) is 30.6 Å². The third-order valence-corrected chi connectivity index (χ3v) is 1.78. The number of hydrogen-bond acceptors (Lipinski definition) is 4. The van der Waals surface area contributed by atoms with Crippen LogP contribution in [-0.2, 0) is 9.59 Å². The summed E-state index contributed by atoms with van der Waals surface area (Å²) in [5.74, 6) is -1.42. The molecule has 0 aliphatic heterocycles. The van der Waals surface area contributed by atoms with E-state index in [-0.39, 0.29) is 5.75 Å². The number of thiol groups is 2. The number of carboxylic acids is 1. The second-order valence-corrected chi connectivity index (χ2v) is 3.40. The van der Waals surface area contributed by atoms with Crippen LogP contribution in [0.1, 0.15) is 6.92 Å². The summed E-state index contributed by atoms with van der Waals surface area (Å²) in [6.45, 7) is 1.57. The average Bonchev–Trinajstić information content (AvgIpc) is 1.98. The Kier molecular flexibility index (Phi) is 5.16. The molecule has 2 atom stereocenters. The number of hydrogen-bond donors (Lipinski definition) is 4. The molecule has 0 heterocycles. The molecule has 0 rings (SSSR count). The molecule has 0 saturated carbocycles. The van der Waals surface area contributed by atoms with E-state index in [4.69, 9.17) is 5.11 Å². The van der Waals surface area contributed by atoms with E-state index in [1.807, 2.05) is 0 Å². The molecule has 0 radical (unpaired) electrons. The van der Waals surface area contributed by atoms with E-state index in [9.17, 15) is 9.59 Å². The van der Waals surface area contributed by atoms with Gasteiger partial charge in [0, 0.05) is 5.75 Å². The molecule has 4 nitrogen and oxygen atoms in total. The van der Waals surface area contributed by atoms with Gasteiger partial charge in [0.2, 0.25) is 5.91 Å². The molecular formula is C6H11NO3S2. The fourth-order valence-electron chi connectivity index (χ4n) is 0.478. The van der Waals surface area contributed by atoms with Crippen molar-refractivity contribution in [3.8, 4) is 0 Å². The maximum absolute atomic E-state index is 10.9. The Morgan fingerprint density at radius 2 is 2.08 bits per heavy atom. The highest BCUT2D eigenvalue weighted by Crippen LogP contribution is 1.95. The molecule has 2 N–H and O–H groups in total. The van der Waals surface area contributed by atoms with Crippen molar-refractivity contribution < 1.29 is 14.7 Å². The minimum atomic E-state index is -1.09. The molecule has 1 amide bonds. The molecule has 0 aliphatic carbocycles. The molecule has 0 spiro atoms. The van der Waals surface area contributed by atoms with Crippen molar-refractivity contribution in [2.75, 3.05) is 5.75 Å². The summed E-state index contributed by atoms with van der Waals surface area (Å²) >= 11 is 7.62. The highest BCUT2D eigenvalue weighted by Gasteiger charge is 2.19. The zero-order chi connectivity index (χ0) is 9.72. The van der Waals surface area contributed by atoms with Gasteiger partial charge in [-0.3, -0.25) is 4.79 Å². The maximum Gasteiger partial charge on any atom is 0.327 e. The van der Waals surface area contributed by atoms with Gasteiger partial charge < -0.3 is 10.4 Å². The van der Waals surface area contributed by atoms with Crippen LogP contribution >= 0.6 is 25.3 Å². The molecule has 0 bridgehead atoms. The fraction of sp³-hybridized carbons (Fsp3) is 0.667. The first-order valence-electron chi connectivity index (χ1n) is 3.31. The highest BCUT2D eigenvalue weighted by molar-refractivity contribution is 7.81. The van der Waals surface area contributed by atoms with E-state index in [0.29, 0.717) is 0 Å². The predicted octanol–water partition coefficient (Wildman–Crippen LogP) is -0.196. The molecular weight excluding hydrogens is 198 g/mol. The number of carbonyl (C=O) groups is 2. The van der Waals surface area contributed by atoms with Crippen LogP contribution in [0, 0.1) is 0 Å². The quantitative estimate of drug-likeness (QED) is 0.485. The minimum Gasteiger partial charge on any atom is -0.480 e. The summed E-state index contributed by atoms with van der Waals surface area (Å²) in [5, 5.41) is 10.3. The first kappa shape index (κ1) is 11.6. The van der Waals surface area contributed by atoms with E-state index in [1.165, 1.54) is 0 Å². The topological polar surface area (TPSA) is 66.4 Å². The molecule has 0 saturated heterocycles. The van der Waals surface area contributed by atoms with Gasteiger partial charge in [0.05, 0.1) is 5.25 Å². The number of aliphatic carboxylic acids is 1. The Morgan fingerprint density at radius 1 is 1.58 bits per heavy atom. The van der Waals surface area contributed by atoms with Crippen molar-refractivity contribution in [1.29, 1.82) is 0 Å². The first-order chi connectivity index (χ1) is 5.49. The Bertz CT molecular complexity index is 184. The van der Waals surface area contributed by atoms with Gasteiger partial charge in [0.1, 0.15) is 6.04 Å². The summed E-state index contributed by atoms with van der Waals surface area (Å²) in [6.07, 6.45) is 0. The zero-order valence-electron chi connectivity index (χ0n) is 6.52. The summed E-state index contributed by atoms with van der Waals surface area (Å²) in [6, 6.07) is -0.935. The fourth-order valence-corrected chi connectivity index (χ4v) is 0.800. The van der Waals surface area contributed by atoms with Gasteiger partial charge >= 0.3 is 5.97 Å². The second-order valence-electron chi connectivity index (χ2n) is 2.26. The van der Waals surface area contributed by atoms with Crippen LogP contribution in [0.2, 0.25) is 0 Å². The SMILES string of the molecule is C[C@H](S)C(=O)N[C@H](CS)C(=O)O. The lowest BCUT2D eigenvalue weighted by atomic mass is 10.3. The van der Waals surface area contributed by atoms with Crippen molar-refractivity contribution >= 4 is 37.1 Å². The number of carboxylic acid groups (broad SMARTS) is 1. The van der Waals surface area contributed by atoms with E-state index >= 15 is 0 Å². The summed E-state index contributed by atoms with van der Waals surface area (Å²) in [5.41, 5.74) is 0. The molecule has 0 aromatic carbocycles. The molecule has 70 valence electrons. The maximum atomic E-state index is 10.9. The molecule has 0 fully saturated rings. The highest BCUT2D eigenvalue weighted by atomic mass is 32.1. The van der Waals surface area contributed by atoms with Crippen molar-refractivity contribution in [2.45, 2.75) is 18.2 Å². The predicted molar refractivity (Wildman–Crippen MR) is 51.9 cm³/mol. The Labute approximate surface area is 81.5 Å². The van der Waals surface area contributed by atoms with Crippen LogP contribution in [0.3, 0.4) is 0 Å². The lowest BCUT2D eigenvalue weighted by Gasteiger charge is -2.12. The summed E-state index contributed by atoms with van der Waals surface area (Å²) < 4.78 is 0. The van der Waals surface area contributed by atoms with Crippen LogP contribution < -0.4 is 5.32 Å². The van der Waals surface area contributed by atoms with Crippen molar-refractivity contribution in [2.24, 2.45) is 0 Å². The second kappa shape index (κ2) is 5.31. The number of nitrogens with one attached hydrogen (secondary N) is 1. The number of amides is 1. The standard InChI is InChI=1S/C6H11NO3S2/c1-3(12)5(8)7-4(2-11)6(9)10/h3-4,11-12H,2H2,1H3,(H,7,8)(H,9,10)/t3-,4+/m0/s1. The van der Waals surface area contributed by atoms with Gasteiger partial charge in [-0.25, -0.2) is 4.79 Å². The monoisotopic (exact) mass is 209 g/mol. The van der Waals surface area contributed by atoms with Gasteiger partial charge in [-0.1, -0.05) is 0 Å². The third-order valence-electron chi connectivity index (χ3n) is 1.18. The Balaban J connectivity index is 4.03. The van der Waals surface area contributed by atoms with Crippen molar-refractivity contribution in [3.63, 3.8) is 0 Å². The Hall–Kier alpha value is -0.360. The van der Waals surface area contributed by atoms with Crippen LogP contribution in [0.4, 0.5) is 0 Å². The lowest BCUT2D eigenvalue weighted by molar-refractivity contribution is -0.140. The Morgan fingerprint density at radius 3 is 2.33 bits per heavy atom. The van der Waals surface area contributed by atoms with Gasteiger partial charge in [-0.15, -0.1) is 0 Å². The van der Waals surface area contributed by atoms with Gasteiger partial charge in [-0.05, 0) is 6.92 Å². The number of rotatable bonds is 4. The molecule has 0 aromatic rings. The smallest absolute Gasteiger partial charge is 0.327 e. The average molecular weight is 209 g/mol. The van der Waals surface area contributed by atoms with Crippen molar-refractivity contribution in [1.82, 2.24) is 5.32 Å². The van der Waals surface area contributed by atoms with E-state index in [1.54, 1.807) is 6.92 Å². The number of carbonyl (C=O) groups excluding carboxylic acids is 1. The van der Waals surface area contributed by atoms with Crippen LogP contribution in [-0.4, -0.2) is 34.0 Å². The zero-order valence-corrected chi connectivity index (χ0v) is 8.31.